The summed E-state index contributed by atoms with van der Waals surface area (Å²) in [7, 11) is 0. The van der Waals surface area contributed by atoms with Crippen LogP contribution in [-0.4, -0.2) is 43.5 Å². The molecular weight excluding hydrogens is 222 g/mol. The Labute approximate surface area is 89.1 Å². The van der Waals surface area contributed by atoms with E-state index in [0.717, 1.165) is 11.7 Å². The summed E-state index contributed by atoms with van der Waals surface area (Å²) in [5, 5.41) is 19.7. The maximum atomic E-state index is 11.2. The van der Waals surface area contributed by atoms with Crippen LogP contribution in [0.2, 0.25) is 0 Å². The second-order valence-electron chi connectivity index (χ2n) is 2.69. The molecule has 0 aliphatic heterocycles. The van der Waals surface area contributed by atoms with Gasteiger partial charge in [0, 0.05) is 13.0 Å². The number of carbonyl (C=O) groups excluding carboxylic acids is 1. The van der Waals surface area contributed by atoms with Crippen molar-refractivity contribution >= 4 is 23.6 Å². The minimum absolute atomic E-state index is 0.0430. The van der Waals surface area contributed by atoms with Gasteiger partial charge in [0.05, 0.1) is 17.9 Å². The maximum Gasteiger partial charge on any atom is 0.332 e. The highest BCUT2D eigenvalue weighted by molar-refractivity contribution is 6.99. The fourth-order valence-corrected chi connectivity index (χ4v) is 1.21. The third kappa shape index (κ3) is 3.60. The molecule has 0 saturated heterocycles. The quantitative estimate of drug-likeness (QED) is 0.605. The molecular formula is C7H9N3O4S. The van der Waals surface area contributed by atoms with Crippen LogP contribution in [0.4, 0.5) is 0 Å². The van der Waals surface area contributed by atoms with Crippen LogP contribution in [0.15, 0.2) is 6.20 Å². The molecule has 1 rings (SSSR count). The van der Waals surface area contributed by atoms with E-state index in [1.54, 1.807) is 0 Å². The fourth-order valence-electron chi connectivity index (χ4n) is 0.801. The number of carboxylic acid groups (broad SMARTS) is 1. The minimum atomic E-state index is -1.46. The molecule has 0 spiro atoms. The van der Waals surface area contributed by atoms with Crippen molar-refractivity contribution in [1.82, 2.24) is 14.1 Å². The summed E-state index contributed by atoms with van der Waals surface area (Å²) < 4.78 is 7.33. The van der Waals surface area contributed by atoms with Crippen molar-refractivity contribution in [3.63, 3.8) is 0 Å². The van der Waals surface area contributed by atoms with Gasteiger partial charge in [-0.25, -0.2) is 4.79 Å². The SMILES string of the molecule is O=C(NCCC(O)C(=O)O)c1cnsn1. The summed E-state index contributed by atoms with van der Waals surface area (Å²) >= 11 is 0.908. The van der Waals surface area contributed by atoms with Gasteiger partial charge in [0.25, 0.3) is 5.91 Å². The average Bonchev–Trinajstić information content (AvgIpc) is 2.70. The molecule has 0 aromatic carbocycles. The predicted molar refractivity (Wildman–Crippen MR) is 50.5 cm³/mol. The Hall–Kier alpha value is -1.54. The van der Waals surface area contributed by atoms with Gasteiger partial charge in [-0.3, -0.25) is 4.79 Å². The maximum absolute atomic E-state index is 11.2. The number of carbonyl (C=O) groups is 2. The Balaban J connectivity index is 2.27. The lowest BCUT2D eigenvalue weighted by molar-refractivity contribution is -0.146. The van der Waals surface area contributed by atoms with E-state index < -0.39 is 18.0 Å². The predicted octanol–water partition coefficient (Wildman–Crippen LogP) is -0.897. The Morgan fingerprint density at radius 3 is 2.87 bits per heavy atom. The highest BCUT2D eigenvalue weighted by Gasteiger charge is 2.14. The van der Waals surface area contributed by atoms with Crippen molar-refractivity contribution in [3.05, 3.63) is 11.9 Å². The molecule has 0 saturated carbocycles. The topological polar surface area (TPSA) is 112 Å². The van der Waals surface area contributed by atoms with Crippen molar-refractivity contribution in [2.45, 2.75) is 12.5 Å². The van der Waals surface area contributed by atoms with Gasteiger partial charge in [-0.1, -0.05) is 0 Å². The number of nitrogens with one attached hydrogen (secondary N) is 1. The minimum Gasteiger partial charge on any atom is -0.479 e. The van der Waals surface area contributed by atoms with Crippen molar-refractivity contribution in [2.75, 3.05) is 6.54 Å². The lowest BCUT2D eigenvalue weighted by Crippen LogP contribution is -2.30. The Kier molecular flexibility index (Phi) is 4.13. The third-order valence-corrected chi connectivity index (χ3v) is 2.06. The number of rotatable bonds is 5. The molecule has 0 aliphatic rings. The van der Waals surface area contributed by atoms with Crippen molar-refractivity contribution in [2.24, 2.45) is 0 Å². The number of aliphatic hydroxyl groups excluding tert-OH is 1. The number of aliphatic carboxylic acids is 1. The van der Waals surface area contributed by atoms with E-state index in [9.17, 15) is 9.59 Å². The monoisotopic (exact) mass is 231 g/mol. The van der Waals surface area contributed by atoms with Crippen LogP contribution in [0, 0.1) is 0 Å². The molecule has 0 radical (unpaired) electrons. The van der Waals surface area contributed by atoms with Crippen molar-refractivity contribution in [3.8, 4) is 0 Å². The molecule has 1 atom stereocenters. The summed E-state index contributed by atoms with van der Waals surface area (Å²) in [6.45, 7) is 0.0732. The largest absolute Gasteiger partial charge is 0.479 e. The number of carboxylic acids is 1. The molecule has 0 aliphatic carbocycles. The van der Waals surface area contributed by atoms with Crippen molar-refractivity contribution in [1.29, 1.82) is 0 Å². The molecule has 0 bridgehead atoms. The molecule has 1 unspecified atom stereocenters. The van der Waals surface area contributed by atoms with E-state index in [1.807, 2.05) is 0 Å². The highest BCUT2D eigenvalue weighted by atomic mass is 32.1. The number of aliphatic hydroxyl groups is 1. The molecule has 7 nitrogen and oxygen atoms in total. The first-order chi connectivity index (χ1) is 7.11. The summed E-state index contributed by atoms with van der Waals surface area (Å²) in [5.41, 5.74) is 0.185. The molecule has 8 heteroatoms. The van der Waals surface area contributed by atoms with Crippen LogP contribution in [-0.2, 0) is 4.79 Å². The van der Waals surface area contributed by atoms with Gasteiger partial charge in [0.1, 0.15) is 0 Å². The van der Waals surface area contributed by atoms with E-state index in [0.29, 0.717) is 0 Å². The summed E-state index contributed by atoms with van der Waals surface area (Å²) in [6, 6.07) is 0. The third-order valence-electron chi connectivity index (χ3n) is 1.58. The Morgan fingerprint density at radius 2 is 2.33 bits per heavy atom. The molecule has 1 aromatic rings. The first-order valence-electron chi connectivity index (χ1n) is 4.08. The van der Waals surface area contributed by atoms with Crippen LogP contribution in [0.5, 0.6) is 0 Å². The molecule has 1 heterocycles. The molecule has 82 valence electrons. The second-order valence-corrected chi connectivity index (χ2v) is 3.25. The molecule has 1 amide bonds. The number of hydrogen-bond acceptors (Lipinski definition) is 6. The fraction of sp³-hybridized carbons (Fsp3) is 0.429. The van der Waals surface area contributed by atoms with Crippen LogP contribution in [0.1, 0.15) is 16.9 Å². The van der Waals surface area contributed by atoms with Gasteiger partial charge in [0.15, 0.2) is 11.8 Å². The average molecular weight is 231 g/mol. The molecule has 1 aromatic heterocycles. The summed E-state index contributed by atoms with van der Waals surface area (Å²) in [6.07, 6.45) is -0.189. The van der Waals surface area contributed by atoms with E-state index in [-0.39, 0.29) is 18.7 Å². The Bertz CT molecular complexity index is 340. The highest BCUT2D eigenvalue weighted by Crippen LogP contribution is 1.95. The standard InChI is InChI=1S/C7H9N3O4S/c11-5(7(13)14)1-2-8-6(12)4-3-9-15-10-4/h3,5,11H,1-2H2,(H,8,12)(H,13,14). The normalized spacial score (nSPS) is 12.1. The smallest absolute Gasteiger partial charge is 0.332 e. The zero-order valence-electron chi connectivity index (χ0n) is 7.58. The van der Waals surface area contributed by atoms with Crippen molar-refractivity contribution < 1.29 is 19.8 Å². The first-order valence-corrected chi connectivity index (χ1v) is 4.81. The van der Waals surface area contributed by atoms with E-state index in [4.69, 9.17) is 10.2 Å². The van der Waals surface area contributed by atoms with E-state index in [1.165, 1.54) is 6.20 Å². The molecule has 3 N–H and O–H groups in total. The Morgan fingerprint density at radius 1 is 1.60 bits per heavy atom. The summed E-state index contributed by atoms with van der Waals surface area (Å²) in [5.74, 6) is -1.74. The van der Waals surface area contributed by atoms with Crippen LogP contribution < -0.4 is 5.32 Å². The van der Waals surface area contributed by atoms with Gasteiger partial charge in [-0.2, -0.15) is 8.75 Å². The van der Waals surface area contributed by atoms with Gasteiger partial charge in [-0.05, 0) is 0 Å². The number of hydrogen-bond donors (Lipinski definition) is 3. The van der Waals surface area contributed by atoms with E-state index in [2.05, 4.69) is 14.1 Å². The number of aromatic nitrogens is 2. The van der Waals surface area contributed by atoms with Crippen LogP contribution in [0.3, 0.4) is 0 Å². The lowest BCUT2D eigenvalue weighted by atomic mass is 10.2. The van der Waals surface area contributed by atoms with Crippen LogP contribution >= 0.6 is 11.7 Å². The molecule has 0 fully saturated rings. The summed E-state index contributed by atoms with van der Waals surface area (Å²) in [4.78, 5) is 21.4. The van der Waals surface area contributed by atoms with Crippen LogP contribution in [0.25, 0.3) is 0 Å². The van der Waals surface area contributed by atoms with Gasteiger partial charge < -0.3 is 15.5 Å². The van der Waals surface area contributed by atoms with Gasteiger partial charge >= 0.3 is 5.97 Å². The number of amides is 1. The van der Waals surface area contributed by atoms with E-state index >= 15 is 0 Å². The zero-order valence-corrected chi connectivity index (χ0v) is 8.40. The lowest BCUT2D eigenvalue weighted by Gasteiger charge is -2.05. The molecule has 15 heavy (non-hydrogen) atoms. The zero-order chi connectivity index (χ0) is 11.3. The van der Waals surface area contributed by atoms with Gasteiger partial charge in [0.2, 0.25) is 0 Å². The first kappa shape index (κ1) is 11.5. The van der Waals surface area contributed by atoms with Gasteiger partial charge in [-0.15, -0.1) is 0 Å². The number of nitrogens with zero attached hydrogens (tertiary/aromatic N) is 2. The second kappa shape index (κ2) is 5.37.